The van der Waals surface area contributed by atoms with Crippen LogP contribution in [0, 0.1) is 6.92 Å². The quantitative estimate of drug-likeness (QED) is 0.784. The van der Waals surface area contributed by atoms with E-state index in [-0.39, 0.29) is 5.69 Å². The highest BCUT2D eigenvalue weighted by atomic mass is 79.9. The van der Waals surface area contributed by atoms with E-state index in [1.807, 2.05) is 55.5 Å². The molecule has 1 aromatic heterocycles. The average molecular weight is 330 g/mol. The number of rotatable bonds is 2. The first-order valence-corrected chi connectivity index (χ1v) is 6.95. The van der Waals surface area contributed by atoms with Crippen LogP contribution in [0.4, 0.5) is 0 Å². The van der Waals surface area contributed by atoms with Crippen molar-refractivity contribution in [3.63, 3.8) is 0 Å². The monoisotopic (exact) mass is 329 g/mol. The van der Waals surface area contributed by atoms with Crippen molar-refractivity contribution in [3.05, 3.63) is 69.1 Å². The van der Waals surface area contributed by atoms with Gasteiger partial charge >= 0.3 is 5.69 Å². The van der Waals surface area contributed by atoms with E-state index in [9.17, 15) is 4.79 Å². The second kappa shape index (κ2) is 5.09. The first-order chi connectivity index (χ1) is 9.63. The molecule has 0 saturated heterocycles. The zero-order chi connectivity index (χ0) is 14.1. The summed E-state index contributed by atoms with van der Waals surface area (Å²) in [5.74, 6) is 0.603. The van der Waals surface area contributed by atoms with Gasteiger partial charge in [0.2, 0.25) is 0 Å². The molecule has 0 aliphatic rings. The van der Waals surface area contributed by atoms with Gasteiger partial charge in [-0.3, -0.25) is 0 Å². The number of aryl methyl sites for hydroxylation is 1. The summed E-state index contributed by atoms with van der Waals surface area (Å²) in [6, 6.07) is 15.6. The minimum absolute atomic E-state index is 0.358. The van der Waals surface area contributed by atoms with Crippen LogP contribution in [-0.2, 0) is 0 Å². The molecule has 0 fully saturated rings. The second-order valence-corrected chi connectivity index (χ2v) is 5.45. The summed E-state index contributed by atoms with van der Waals surface area (Å²) < 4.78 is 2.69. The van der Waals surface area contributed by atoms with E-state index < -0.39 is 0 Å². The molecular formula is C15H12BrN3O. The predicted octanol–water partition coefficient (Wildman–Crippen LogP) is 3.30. The van der Waals surface area contributed by atoms with Crippen molar-refractivity contribution in [2.24, 2.45) is 0 Å². The Morgan fingerprint density at radius 1 is 1.05 bits per heavy atom. The number of nitrogens with one attached hydrogen (secondary N) is 1. The van der Waals surface area contributed by atoms with Crippen molar-refractivity contribution < 1.29 is 0 Å². The van der Waals surface area contributed by atoms with Crippen LogP contribution in [0.25, 0.3) is 17.1 Å². The zero-order valence-electron chi connectivity index (χ0n) is 10.8. The SMILES string of the molecule is Cc1ccc(-n2[nH]c(=O)nc2-c2ccc(Br)cc2)cc1. The Kier molecular flexibility index (Phi) is 3.28. The number of benzene rings is 2. The van der Waals surface area contributed by atoms with Gasteiger partial charge in [-0.05, 0) is 31.2 Å². The highest BCUT2D eigenvalue weighted by Crippen LogP contribution is 2.21. The van der Waals surface area contributed by atoms with Crippen LogP contribution in [-0.4, -0.2) is 14.8 Å². The van der Waals surface area contributed by atoms with Gasteiger partial charge in [-0.25, -0.2) is 14.6 Å². The highest BCUT2D eigenvalue weighted by molar-refractivity contribution is 9.10. The Morgan fingerprint density at radius 2 is 1.70 bits per heavy atom. The minimum Gasteiger partial charge on any atom is -0.244 e. The van der Waals surface area contributed by atoms with Crippen LogP contribution in [0.1, 0.15) is 5.56 Å². The van der Waals surface area contributed by atoms with Gasteiger partial charge < -0.3 is 0 Å². The van der Waals surface area contributed by atoms with Gasteiger partial charge in [0.15, 0.2) is 5.82 Å². The van der Waals surface area contributed by atoms with E-state index in [0.29, 0.717) is 5.82 Å². The number of aromatic amines is 1. The van der Waals surface area contributed by atoms with Crippen LogP contribution in [0.3, 0.4) is 0 Å². The van der Waals surface area contributed by atoms with Crippen molar-refractivity contribution in [1.29, 1.82) is 0 Å². The fourth-order valence-corrected chi connectivity index (χ4v) is 2.26. The Balaban J connectivity index is 2.15. The molecule has 2 aromatic carbocycles. The van der Waals surface area contributed by atoms with E-state index in [1.165, 1.54) is 5.56 Å². The maximum Gasteiger partial charge on any atom is 0.362 e. The van der Waals surface area contributed by atoms with Crippen molar-refractivity contribution >= 4 is 15.9 Å². The van der Waals surface area contributed by atoms with Gasteiger partial charge in [0.1, 0.15) is 0 Å². The molecule has 0 radical (unpaired) electrons. The summed E-state index contributed by atoms with van der Waals surface area (Å²) in [5.41, 5.74) is 2.57. The Hall–Kier alpha value is -2.14. The maximum atomic E-state index is 11.6. The fraction of sp³-hybridized carbons (Fsp3) is 0.0667. The number of H-pyrrole nitrogens is 1. The molecule has 20 heavy (non-hydrogen) atoms. The molecule has 0 spiro atoms. The molecule has 0 aliphatic carbocycles. The van der Waals surface area contributed by atoms with E-state index in [2.05, 4.69) is 26.0 Å². The molecule has 0 unspecified atom stereocenters. The van der Waals surface area contributed by atoms with Crippen molar-refractivity contribution in [2.45, 2.75) is 6.92 Å². The van der Waals surface area contributed by atoms with Crippen molar-refractivity contribution in [3.8, 4) is 17.1 Å². The van der Waals surface area contributed by atoms with Crippen molar-refractivity contribution in [2.75, 3.05) is 0 Å². The summed E-state index contributed by atoms with van der Waals surface area (Å²) in [5, 5.41) is 2.73. The molecule has 3 aromatic rings. The number of nitrogens with zero attached hydrogens (tertiary/aromatic N) is 2. The number of hydrogen-bond donors (Lipinski definition) is 1. The molecule has 4 nitrogen and oxygen atoms in total. The van der Waals surface area contributed by atoms with Gasteiger partial charge in [-0.2, -0.15) is 4.98 Å². The van der Waals surface area contributed by atoms with E-state index >= 15 is 0 Å². The zero-order valence-corrected chi connectivity index (χ0v) is 12.4. The molecule has 0 bridgehead atoms. The lowest BCUT2D eigenvalue weighted by Gasteiger charge is -2.07. The average Bonchev–Trinajstić information content (AvgIpc) is 2.82. The topological polar surface area (TPSA) is 50.7 Å². The van der Waals surface area contributed by atoms with Crippen LogP contribution in [0.5, 0.6) is 0 Å². The largest absolute Gasteiger partial charge is 0.362 e. The smallest absolute Gasteiger partial charge is 0.244 e. The third-order valence-corrected chi connectivity index (χ3v) is 3.55. The molecular weight excluding hydrogens is 318 g/mol. The van der Waals surface area contributed by atoms with Crippen LogP contribution < -0.4 is 5.69 Å². The number of hydrogen-bond acceptors (Lipinski definition) is 2. The number of halogens is 1. The molecule has 1 heterocycles. The first-order valence-electron chi connectivity index (χ1n) is 6.15. The second-order valence-electron chi connectivity index (χ2n) is 4.53. The minimum atomic E-state index is -0.358. The normalized spacial score (nSPS) is 10.7. The lowest BCUT2D eigenvalue weighted by atomic mass is 10.2. The summed E-state index contributed by atoms with van der Waals surface area (Å²) in [4.78, 5) is 15.6. The molecule has 0 saturated carbocycles. The lowest BCUT2D eigenvalue weighted by Crippen LogP contribution is -2.05. The van der Waals surface area contributed by atoms with Gasteiger partial charge in [-0.15, -0.1) is 0 Å². The lowest BCUT2D eigenvalue weighted by molar-refractivity contribution is 0.870. The van der Waals surface area contributed by atoms with Crippen LogP contribution >= 0.6 is 15.9 Å². The fourth-order valence-electron chi connectivity index (χ4n) is 1.99. The third-order valence-electron chi connectivity index (χ3n) is 3.02. The van der Waals surface area contributed by atoms with E-state index in [4.69, 9.17) is 0 Å². The summed E-state index contributed by atoms with van der Waals surface area (Å²) >= 11 is 3.40. The van der Waals surface area contributed by atoms with Crippen molar-refractivity contribution in [1.82, 2.24) is 14.8 Å². The molecule has 3 rings (SSSR count). The Labute approximate surface area is 124 Å². The summed E-state index contributed by atoms with van der Waals surface area (Å²) in [7, 11) is 0. The third kappa shape index (κ3) is 2.44. The molecule has 5 heteroatoms. The van der Waals surface area contributed by atoms with E-state index in [1.54, 1.807) is 4.68 Å². The van der Waals surface area contributed by atoms with Gasteiger partial charge in [0.25, 0.3) is 0 Å². The Bertz CT molecular complexity index is 719. The maximum absolute atomic E-state index is 11.6. The standard InChI is InChI=1S/C15H12BrN3O/c1-10-2-8-13(9-3-10)19-14(17-15(20)18-19)11-4-6-12(16)7-5-11/h2-9H,1H3,(H,18,20). The summed E-state index contributed by atoms with van der Waals surface area (Å²) in [6.07, 6.45) is 0. The highest BCUT2D eigenvalue weighted by Gasteiger charge is 2.10. The van der Waals surface area contributed by atoms with Crippen LogP contribution in [0.2, 0.25) is 0 Å². The van der Waals surface area contributed by atoms with Crippen LogP contribution in [0.15, 0.2) is 57.8 Å². The summed E-state index contributed by atoms with van der Waals surface area (Å²) in [6.45, 7) is 2.02. The predicted molar refractivity (Wildman–Crippen MR) is 82.1 cm³/mol. The van der Waals surface area contributed by atoms with Gasteiger partial charge in [0, 0.05) is 10.0 Å². The first kappa shape index (κ1) is 12.9. The number of aromatic nitrogens is 3. The molecule has 0 atom stereocenters. The van der Waals surface area contributed by atoms with E-state index in [0.717, 1.165) is 15.7 Å². The molecule has 0 aliphatic heterocycles. The molecule has 0 amide bonds. The van der Waals surface area contributed by atoms with Gasteiger partial charge in [-0.1, -0.05) is 45.8 Å². The molecule has 1 N–H and O–H groups in total. The molecule has 100 valence electrons. The van der Waals surface area contributed by atoms with Gasteiger partial charge in [0.05, 0.1) is 5.69 Å². The Morgan fingerprint density at radius 3 is 2.35 bits per heavy atom.